The van der Waals surface area contributed by atoms with Gasteiger partial charge >= 0.3 is 0 Å². The fraction of sp³-hybridized carbons (Fsp3) is 0.333. The Balaban J connectivity index is 2.37. The summed E-state index contributed by atoms with van der Waals surface area (Å²) in [5.74, 6) is 5.46. The summed E-state index contributed by atoms with van der Waals surface area (Å²) in [6, 6.07) is 9.31. The Kier molecular flexibility index (Phi) is 4.53. The maximum atomic E-state index is 12.4. The zero-order valence-corrected chi connectivity index (χ0v) is 11.9. The molecule has 0 saturated heterocycles. The van der Waals surface area contributed by atoms with Crippen LogP contribution in [0.5, 0.6) is 0 Å². The Morgan fingerprint density at radius 2 is 2.15 bits per heavy atom. The molecule has 0 aliphatic heterocycles. The lowest BCUT2D eigenvalue weighted by atomic mass is 10.1. The zero-order valence-electron chi connectivity index (χ0n) is 11.9. The molecule has 0 saturated carbocycles. The van der Waals surface area contributed by atoms with Crippen LogP contribution in [0.4, 0.5) is 5.69 Å². The number of para-hydroxylation sites is 1. The van der Waals surface area contributed by atoms with Gasteiger partial charge in [0.1, 0.15) is 5.69 Å². The summed E-state index contributed by atoms with van der Waals surface area (Å²) in [5.41, 5.74) is 4.52. The number of hydrogen-bond donors (Lipinski definition) is 2. The Hall–Kier alpha value is -2.14. The van der Waals surface area contributed by atoms with Crippen molar-refractivity contribution in [2.75, 3.05) is 19.0 Å². The van der Waals surface area contributed by atoms with Crippen molar-refractivity contribution in [3.8, 4) is 0 Å². The van der Waals surface area contributed by atoms with Gasteiger partial charge in [0.15, 0.2) is 0 Å². The zero-order chi connectivity index (χ0) is 14.5. The standard InChI is InChI=1S/C15H20N4O/c1-3-4-9-19(2)15(20)14-10-13(18-16)11-7-5-6-8-12(11)17-14/h5-8,10H,3-4,9,16H2,1-2H3,(H,17,18). The van der Waals surface area contributed by atoms with Crippen molar-refractivity contribution in [3.05, 3.63) is 36.0 Å². The van der Waals surface area contributed by atoms with Crippen molar-refractivity contribution in [2.24, 2.45) is 5.84 Å². The van der Waals surface area contributed by atoms with Gasteiger partial charge < -0.3 is 10.3 Å². The summed E-state index contributed by atoms with van der Waals surface area (Å²) >= 11 is 0. The van der Waals surface area contributed by atoms with Gasteiger partial charge in [0.2, 0.25) is 0 Å². The predicted molar refractivity (Wildman–Crippen MR) is 81.4 cm³/mol. The minimum absolute atomic E-state index is 0.0827. The molecule has 3 N–H and O–H groups in total. The highest BCUT2D eigenvalue weighted by molar-refractivity contribution is 5.99. The second-order valence-corrected chi connectivity index (χ2v) is 4.80. The Labute approximate surface area is 118 Å². The van der Waals surface area contributed by atoms with Gasteiger partial charge in [-0.15, -0.1) is 0 Å². The molecule has 0 radical (unpaired) electrons. The molecule has 1 amide bonds. The Morgan fingerprint density at radius 1 is 1.40 bits per heavy atom. The Bertz CT molecular complexity index is 612. The lowest BCUT2D eigenvalue weighted by molar-refractivity contribution is 0.0788. The van der Waals surface area contributed by atoms with E-state index in [2.05, 4.69) is 17.3 Å². The molecule has 2 rings (SSSR count). The van der Waals surface area contributed by atoms with Crippen molar-refractivity contribution in [2.45, 2.75) is 19.8 Å². The van der Waals surface area contributed by atoms with Crippen LogP contribution in [0.15, 0.2) is 30.3 Å². The number of aromatic nitrogens is 1. The number of carbonyl (C=O) groups excluding carboxylic acids is 1. The number of anilines is 1. The van der Waals surface area contributed by atoms with Gasteiger partial charge in [-0.3, -0.25) is 10.6 Å². The summed E-state index contributed by atoms with van der Waals surface area (Å²) in [5, 5.41) is 0.905. The largest absolute Gasteiger partial charge is 0.340 e. The number of nitrogens with one attached hydrogen (secondary N) is 1. The molecule has 0 aliphatic carbocycles. The molecule has 1 aromatic carbocycles. The molecule has 1 heterocycles. The molecule has 2 aromatic rings. The highest BCUT2D eigenvalue weighted by atomic mass is 16.2. The molecule has 106 valence electrons. The van der Waals surface area contributed by atoms with Gasteiger partial charge in [-0.05, 0) is 18.6 Å². The number of hydrazine groups is 1. The van der Waals surface area contributed by atoms with Gasteiger partial charge in [-0.1, -0.05) is 31.5 Å². The van der Waals surface area contributed by atoms with Crippen molar-refractivity contribution < 1.29 is 4.79 Å². The predicted octanol–water partition coefficient (Wildman–Crippen LogP) is 2.39. The van der Waals surface area contributed by atoms with Gasteiger partial charge in [0.25, 0.3) is 5.91 Å². The van der Waals surface area contributed by atoms with Gasteiger partial charge in [0, 0.05) is 19.0 Å². The molecule has 5 nitrogen and oxygen atoms in total. The summed E-state index contributed by atoms with van der Waals surface area (Å²) in [7, 11) is 1.80. The summed E-state index contributed by atoms with van der Waals surface area (Å²) in [6.45, 7) is 2.83. The molecule has 0 unspecified atom stereocenters. The lowest BCUT2D eigenvalue weighted by Crippen LogP contribution is -2.28. The van der Waals surface area contributed by atoms with E-state index in [0.29, 0.717) is 11.4 Å². The molecular formula is C15H20N4O. The third-order valence-corrected chi connectivity index (χ3v) is 3.28. The second kappa shape index (κ2) is 6.34. The smallest absolute Gasteiger partial charge is 0.272 e. The molecular weight excluding hydrogens is 252 g/mol. The van der Waals surface area contributed by atoms with Crippen LogP contribution in [0.1, 0.15) is 30.3 Å². The van der Waals surface area contributed by atoms with Gasteiger partial charge in [-0.2, -0.15) is 0 Å². The molecule has 0 bridgehead atoms. The highest BCUT2D eigenvalue weighted by Crippen LogP contribution is 2.22. The van der Waals surface area contributed by atoms with Crippen LogP contribution in [0.25, 0.3) is 10.9 Å². The first kappa shape index (κ1) is 14.3. The lowest BCUT2D eigenvalue weighted by Gasteiger charge is -2.17. The van der Waals surface area contributed by atoms with E-state index in [-0.39, 0.29) is 5.91 Å². The van der Waals surface area contributed by atoms with E-state index in [1.165, 1.54) is 0 Å². The third-order valence-electron chi connectivity index (χ3n) is 3.28. The second-order valence-electron chi connectivity index (χ2n) is 4.80. The van der Waals surface area contributed by atoms with Crippen molar-refractivity contribution in [3.63, 3.8) is 0 Å². The Morgan fingerprint density at radius 3 is 2.85 bits per heavy atom. The number of carbonyl (C=O) groups is 1. The number of amides is 1. The maximum Gasteiger partial charge on any atom is 0.272 e. The van der Waals surface area contributed by atoms with Crippen LogP contribution in [0.2, 0.25) is 0 Å². The average Bonchev–Trinajstić information content (AvgIpc) is 2.50. The molecule has 0 spiro atoms. The molecule has 0 fully saturated rings. The first-order chi connectivity index (χ1) is 9.67. The number of benzene rings is 1. The normalized spacial score (nSPS) is 10.6. The third kappa shape index (κ3) is 2.88. The first-order valence-electron chi connectivity index (χ1n) is 6.79. The number of unbranched alkanes of at least 4 members (excludes halogenated alkanes) is 1. The van der Waals surface area contributed by atoms with Crippen LogP contribution in [-0.4, -0.2) is 29.4 Å². The quantitative estimate of drug-likeness (QED) is 0.647. The number of nitrogens with two attached hydrogens (primary N) is 1. The average molecular weight is 272 g/mol. The number of fused-ring (bicyclic) bond motifs is 1. The van der Waals surface area contributed by atoms with Crippen molar-refractivity contribution in [1.29, 1.82) is 0 Å². The number of nitrogen functional groups attached to an aromatic ring is 1. The summed E-state index contributed by atoms with van der Waals surface area (Å²) in [6.07, 6.45) is 2.04. The monoisotopic (exact) mass is 272 g/mol. The van der Waals surface area contributed by atoms with Crippen LogP contribution < -0.4 is 11.3 Å². The minimum atomic E-state index is -0.0827. The molecule has 0 atom stereocenters. The van der Waals surface area contributed by atoms with E-state index in [0.717, 1.165) is 30.3 Å². The van der Waals surface area contributed by atoms with Crippen LogP contribution >= 0.6 is 0 Å². The van der Waals surface area contributed by atoms with Gasteiger partial charge in [-0.25, -0.2) is 4.98 Å². The van der Waals surface area contributed by atoms with Crippen LogP contribution in [0.3, 0.4) is 0 Å². The first-order valence-corrected chi connectivity index (χ1v) is 6.79. The summed E-state index contributed by atoms with van der Waals surface area (Å²) in [4.78, 5) is 18.5. The molecule has 20 heavy (non-hydrogen) atoms. The van der Waals surface area contributed by atoms with E-state index in [1.807, 2.05) is 24.3 Å². The molecule has 1 aromatic heterocycles. The van der Waals surface area contributed by atoms with Gasteiger partial charge in [0.05, 0.1) is 11.2 Å². The van der Waals surface area contributed by atoms with E-state index in [1.54, 1.807) is 18.0 Å². The maximum absolute atomic E-state index is 12.4. The number of nitrogens with zero attached hydrogens (tertiary/aromatic N) is 2. The van der Waals surface area contributed by atoms with E-state index in [4.69, 9.17) is 5.84 Å². The molecule has 0 aliphatic rings. The molecule has 5 heteroatoms. The van der Waals surface area contributed by atoms with E-state index < -0.39 is 0 Å². The number of rotatable bonds is 5. The number of hydrogen-bond acceptors (Lipinski definition) is 4. The fourth-order valence-corrected chi connectivity index (χ4v) is 2.10. The summed E-state index contributed by atoms with van der Waals surface area (Å²) < 4.78 is 0. The van der Waals surface area contributed by atoms with Crippen LogP contribution in [0, 0.1) is 0 Å². The van der Waals surface area contributed by atoms with Crippen LogP contribution in [-0.2, 0) is 0 Å². The fourth-order valence-electron chi connectivity index (χ4n) is 2.10. The van der Waals surface area contributed by atoms with E-state index >= 15 is 0 Å². The topological polar surface area (TPSA) is 71.2 Å². The SMILES string of the molecule is CCCCN(C)C(=O)c1cc(NN)c2ccccc2n1. The van der Waals surface area contributed by atoms with E-state index in [9.17, 15) is 4.79 Å². The minimum Gasteiger partial charge on any atom is -0.340 e. The highest BCUT2D eigenvalue weighted by Gasteiger charge is 2.15. The van der Waals surface area contributed by atoms with Crippen molar-refractivity contribution in [1.82, 2.24) is 9.88 Å². The van der Waals surface area contributed by atoms with Crippen molar-refractivity contribution >= 4 is 22.5 Å². The number of pyridine rings is 1.